The largest absolute Gasteiger partial charge is 0.454 e. The van der Waals surface area contributed by atoms with Crippen molar-refractivity contribution >= 4 is 46.8 Å². The third kappa shape index (κ3) is 3.02. The van der Waals surface area contributed by atoms with Crippen LogP contribution in [0.5, 0.6) is 0 Å². The summed E-state index contributed by atoms with van der Waals surface area (Å²) >= 11 is 5.97. The first kappa shape index (κ1) is 28.6. The number of amides is 2. The summed E-state index contributed by atoms with van der Waals surface area (Å²) in [5, 5.41) is -0.241. The van der Waals surface area contributed by atoms with E-state index in [0.29, 0.717) is 4.90 Å². The van der Waals surface area contributed by atoms with E-state index in [4.69, 9.17) is 21.1 Å². The molecule has 12 heteroatoms. The van der Waals surface area contributed by atoms with Crippen molar-refractivity contribution in [2.24, 2.45) is 21.7 Å². The number of fused-ring (bicyclic) bond motifs is 4. The van der Waals surface area contributed by atoms with E-state index >= 15 is 0 Å². The quantitative estimate of drug-likeness (QED) is 0.273. The Kier molecular flexibility index (Phi) is 5.62. The lowest BCUT2D eigenvalue weighted by Crippen LogP contribution is -2.63. The highest BCUT2D eigenvalue weighted by Crippen LogP contribution is 2.68. The summed E-state index contributed by atoms with van der Waals surface area (Å²) in [6.45, 7) is 9.76. The molecule has 1 aromatic carbocycles. The van der Waals surface area contributed by atoms with Gasteiger partial charge in [-0.15, -0.1) is 0 Å². The van der Waals surface area contributed by atoms with Crippen molar-refractivity contribution in [1.29, 1.82) is 0 Å². The van der Waals surface area contributed by atoms with Crippen molar-refractivity contribution in [3.05, 3.63) is 28.8 Å². The van der Waals surface area contributed by atoms with Gasteiger partial charge in [-0.05, 0) is 57.7 Å². The first-order chi connectivity index (χ1) is 18.1. The van der Waals surface area contributed by atoms with Gasteiger partial charge in [0.15, 0.2) is 11.2 Å². The SMILES string of the molecule is CC12CCC(C(=O)N(C(=O)C34CCC(C)(C(=O)O3)C4(C)C)c3ccc(Cl)cc3C(=O)C(F)(F)F)(OC1=O)C2(C)C. The summed E-state index contributed by atoms with van der Waals surface area (Å²) in [6.07, 6.45) is -4.93. The summed E-state index contributed by atoms with van der Waals surface area (Å²) in [5.74, 6) is -5.91. The normalized spacial score (nSPS) is 35.0. The predicted octanol–water partition coefficient (Wildman–Crippen LogP) is 5.19. The summed E-state index contributed by atoms with van der Waals surface area (Å²) in [5.41, 5.74) is -10.2. The molecule has 2 aliphatic carbocycles. The second-order valence-corrected chi connectivity index (χ2v) is 13.2. The minimum Gasteiger partial charge on any atom is -0.448 e. The number of hydrogen-bond donors (Lipinski definition) is 0. The third-order valence-corrected chi connectivity index (χ3v) is 11.2. The Balaban J connectivity index is 1.76. The maximum absolute atomic E-state index is 14.6. The van der Waals surface area contributed by atoms with Gasteiger partial charge in [0, 0.05) is 15.9 Å². The van der Waals surface area contributed by atoms with E-state index in [1.807, 2.05) is 0 Å². The first-order valence-corrected chi connectivity index (χ1v) is 13.3. The number of halogens is 4. The Morgan fingerprint density at radius 1 is 0.800 bits per heavy atom. The molecule has 5 rings (SSSR count). The molecule has 8 nitrogen and oxygen atoms in total. The lowest BCUT2D eigenvalue weighted by atomic mass is 9.65. The van der Waals surface area contributed by atoms with Crippen LogP contribution in [0.25, 0.3) is 0 Å². The summed E-state index contributed by atoms with van der Waals surface area (Å²) < 4.78 is 52.6. The maximum Gasteiger partial charge on any atom is 0.454 e. The molecular weight excluding hydrogens is 555 g/mol. The van der Waals surface area contributed by atoms with E-state index in [2.05, 4.69) is 0 Å². The van der Waals surface area contributed by atoms with Crippen LogP contribution in [0.15, 0.2) is 18.2 Å². The van der Waals surface area contributed by atoms with Crippen LogP contribution in [0, 0.1) is 21.7 Å². The van der Waals surface area contributed by atoms with Gasteiger partial charge in [0.1, 0.15) is 0 Å². The van der Waals surface area contributed by atoms with Crippen LogP contribution in [-0.4, -0.2) is 46.9 Å². The molecule has 2 amide bonds. The number of carbonyl (C=O) groups excluding carboxylic acids is 5. The lowest BCUT2D eigenvalue weighted by molar-refractivity contribution is -0.172. The standard InChI is InChI=1S/C28H29ClF3NO7/c1-22(2)24(5)9-11-26(22,39-20(24)37)18(35)33(16-8-7-14(29)13-15(16)17(34)28(30,31)32)19(36)27-12-10-25(6,21(38)40-27)23(27,3)4/h7-8,13H,9-12H2,1-6H3. The van der Waals surface area contributed by atoms with Gasteiger partial charge in [0.2, 0.25) is 0 Å². The average Bonchev–Trinajstić information content (AvgIpc) is 3.31. The molecule has 4 aliphatic rings. The number of carbonyl (C=O) groups is 5. The van der Waals surface area contributed by atoms with E-state index in [-0.39, 0.29) is 30.7 Å². The van der Waals surface area contributed by atoms with Crippen LogP contribution >= 0.6 is 11.6 Å². The molecular formula is C28H29ClF3NO7. The number of esters is 2. The van der Waals surface area contributed by atoms with Gasteiger partial charge in [0.05, 0.1) is 22.1 Å². The second-order valence-electron chi connectivity index (χ2n) is 12.8. The molecule has 0 radical (unpaired) electrons. The second kappa shape index (κ2) is 7.86. The van der Waals surface area contributed by atoms with E-state index in [1.165, 1.54) is 0 Å². The molecule has 4 fully saturated rings. The minimum absolute atomic E-state index is 0.00507. The highest BCUT2D eigenvalue weighted by atomic mass is 35.5. The van der Waals surface area contributed by atoms with Crippen molar-refractivity contribution in [1.82, 2.24) is 0 Å². The number of rotatable bonds is 4. The van der Waals surface area contributed by atoms with Gasteiger partial charge in [-0.1, -0.05) is 39.3 Å². The fraction of sp³-hybridized carbons (Fsp3) is 0.607. The topological polar surface area (TPSA) is 107 Å². The van der Waals surface area contributed by atoms with E-state index in [1.54, 1.807) is 41.5 Å². The van der Waals surface area contributed by atoms with Crippen LogP contribution in [0.3, 0.4) is 0 Å². The number of imide groups is 1. The fourth-order valence-corrected chi connectivity index (χ4v) is 7.32. The number of ether oxygens (including phenoxy) is 2. The van der Waals surface area contributed by atoms with Gasteiger partial charge in [-0.2, -0.15) is 13.2 Å². The fourth-order valence-electron chi connectivity index (χ4n) is 7.15. The number of anilines is 1. The molecule has 2 heterocycles. The highest BCUT2D eigenvalue weighted by molar-refractivity contribution is 6.32. The first-order valence-electron chi connectivity index (χ1n) is 12.9. The van der Waals surface area contributed by atoms with Crippen molar-refractivity contribution < 1.29 is 46.6 Å². The molecule has 2 aliphatic heterocycles. The van der Waals surface area contributed by atoms with Gasteiger partial charge in [-0.3, -0.25) is 24.0 Å². The molecule has 2 saturated heterocycles. The Morgan fingerprint density at radius 3 is 1.55 bits per heavy atom. The molecule has 40 heavy (non-hydrogen) atoms. The number of ketones is 1. The Labute approximate surface area is 233 Å². The summed E-state index contributed by atoms with van der Waals surface area (Å²) in [7, 11) is 0. The Hall–Kier alpha value is -2.95. The Bertz CT molecular complexity index is 1350. The molecule has 0 N–H and O–H groups in total. The molecule has 4 unspecified atom stereocenters. The van der Waals surface area contributed by atoms with Crippen LogP contribution < -0.4 is 4.90 Å². The van der Waals surface area contributed by atoms with Gasteiger partial charge in [0.25, 0.3) is 17.6 Å². The van der Waals surface area contributed by atoms with Crippen LogP contribution in [-0.2, 0) is 28.7 Å². The zero-order chi connectivity index (χ0) is 30.1. The zero-order valence-electron chi connectivity index (χ0n) is 22.9. The van der Waals surface area contributed by atoms with Crippen molar-refractivity contribution in [3.8, 4) is 0 Å². The molecule has 216 valence electrons. The van der Waals surface area contributed by atoms with Crippen LogP contribution in [0.4, 0.5) is 18.9 Å². The highest BCUT2D eigenvalue weighted by Gasteiger charge is 2.80. The molecule has 4 bridgehead atoms. The van der Waals surface area contributed by atoms with Gasteiger partial charge in [-0.25, -0.2) is 4.90 Å². The monoisotopic (exact) mass is 583 g/mol. The van der Waals surface area contributed by atoms with E-state index in [0.717, 1.165) is 18.2 Å². The van der Waals surface area contributed by atoms with E-state index < -0.39 is 79.8 Å². The zero-order valence-corrected chi connectivity index (χ0v) is 23.6. The number of nitrogens with zero attached hydrogens (tertiary/aromatic N) is 1. The molecule has 4 atom stereocenters. The average molecular weight is 584 g/mol. The molecule has 0 aromatic heterocycles. The smallest absolute Gasteiger partial charge is 0.448 e. The molecule has 2 saturated carbocycles. The molecule has 1 aromatic rings. The van der Waals surface area contributed by atoms with Gasteiger partial charge >= 0.3 is 18.1 Å². The van der Waals surface area contributed by atoms with Crippen LogP contribution in [0.2, 0.25) is 5.02 Å². The Morgan fingerprint density at radius 2 is 1.23 bits per heavy atom. The van der Waals surface area contributed by atoms with Crippen molar-refractivity contribution in [2.45, 2.75) is 84.6 Å². The van der Waals surface area contributed by atoms with Crippen molar-refractivity contribution in [2.75, 3.05) is 4.90 Å². The maximum atomic E-state index is 14.6. The van der Waals surface area contributed by atoms with Gasteiger partial charge < -0.3 is 9.47 Å². The van der Waals surface area contributed by atoms with E-state index in [9.17, 15) is 37.1 Å². The number of Topliss-reactive ketones (excluding diaryl/α,β-unsaturated/α-hetero) is 1. The third-order valence-electron chi connectivity index (χ3n) is 11.0. The minimum atomic E-state index is -5.37. The van der Waals surface area contributed by atoms with Crippen LogP contribution in [0.1, 0.15) is 77.6 Å². The summed E-state index contributed by atoms with van der Waals surface area (Å²) in [6, 6.07) is 2.84. The number of alkyl halides is 3. The molecule has 0 spiro atoms. The predicted molar refractivity (Wildman–Crippen MR) is 134 cm³/mol. The lowest BCUT2D eigenvalue weighted by Gasteiger charge is -2.42. The number of hydrogen-bond acceptors (Lipinski definition) is 7. The summed E-state index contributed by atoms with van der Waals surface area (Å²) in [4.78, 5) is 68.3. The van der Waals surface area contributed by atoms with Crippen molar-refractivity contribution in [3.63, 3.8) is 0 Å². The number of benzene rings is 1.